The first-order valence-electron chi connectivity index (χ1n) is 34.2. The SMILES string of the molecule is [2H]c1c([2H])c([2H])c(-c2ccc3c(c2)n(-c2[c-]c(Oc4[c-]c5c(cc4)c4ccccc4n5-c4cc(C([2H])([2H])[2H])c(-c5c([2H])c([2H])c([2H])c([2H])c5[2H])cn4)ccc2)[c-][n+]3-c2c(-c3cccc(C(C)(C)C)c3)cc(C(C)(C)C)cc2-c2cc(C(C)(C)C)cc(C(C)(C)C)c2)c([2H])c1[2H].[Pt]. The van der Waals surface area contributed by atoms with Crippen molar-refractivity contribution >= 4 is 32.8 Å². The third kappa shape index (κ3) is 11.1. The predicted octanol–water partition coefficient (Wildman–Crippen LogP) is 19.8. The molecule has 3 heterocycles. The average Bonchev–Trinajstić information content (AvgIpc) is 1.48. The Balaban J connectivity index is 0.00000936. The van der Waals surface area contributed by atoms with Crippen LogP contribution < -0.4 is 9.30 Å². The van der Waals surface area contributed by atoms with Crippen molar-refractivity contribution in [3.05, 3.63) is 246 Å². The van der Waals surface area contributed by atoms with E-state index in [2.05, 4.69) is 161 Å². The minimum atomic E-state index is -2.82. The maximum Gasteiger partial charge on any atom is 0.268 e. The molecule has 0 amide bonds. The monoisotopic (exact) mass is 1280 g/mol. The summed E-state index contributed by atoms with van der Waals surface area (Å²) >= 11 is 0. The molecule has 0 saturated carbocycles. The molecule has 0 saturated heterocycles. The standard InChI is InChI=1S/C77H72N4O.Pt/c1-50-38-72(78-48-67(50)52-26-18-15-19-27-52)81-68-33-21-20-32-63(68)64-36-35-62(47-70(64)81)82-61-31-23-30-60(46-61)79-49-80(69-37-34-53(42-71(69)79)51-24-16-14-17-25-51)73-65(54-28-22-29-56(39-54)74(2,3)4)44-59(77(11,12)13)45-66(73)55-40-57(75(5,6)7)43-58(41-55)76(8,9)10;/h14-45,48H,1-13H3;/q-2;/i1D3,14D,15D,16D,17D,18D,19D,24D,25D,26D,27D;. The molecule has 9 aromatic carbocycles. The smallest absolute Gasteiger partial charge is 0.268 e. The quantitative estimate of drug-likeness (QED) is 0.107. The molecule has 0 aliphatic rings. The molecule has 0 unspecified atom stereocenters. The molecule has 0 fully saturated rings. The number of rotatable bonds is 9. The van der Waals surface area contributed by atoms with E-state index < -0.39 is 55.2 Å². The number of hydrogen-bond acceptors (Lipinski definition) is 2. The molecule has 0 radical (unpaired) electrons. The van der Waals surface area contributed by atoms with E-state index in [-0.39, 0.29) is 94.4 Å². The van der Waals surface area contributed by atoms with Gasteiger partial charge >= 0.3 is 0 Å². The largest absolute Gasteiger partial charge is 0.510 e. The summed E-state index contributed by atoms with van der Waals surface area (Å²) in [5.74, 6) is 0.711. The Bertz CT molecular complexity index is 5060. The molecule has 0 aliphatic heterocycles. The molecule has 0 spiro atoms. The van der Waals surface area contributed by atoms with Gasteiger partial charge in [0, 0.05) is 54.0 Å². The van der Waals surface area contributed by atoms with E-state index in [0.717, 1.165) is 49.8 Å². The van der Waals surface area contributed by atoms with Gasteiger partial charge in [-0.1, -0.05) is 234 Å². The van der Waals surface area contributed by atoms with E-state index in [1.807, 2.05) is 59.2 Å². The zero-order valence-electron chi connectivity index (χ0n) is 61.8. The van der Waals surface area contributed by atoms with Crippen molar-refractivity contribution in [1.29, 1.82) is 0 Å². The first kappa shape index (κ1) is 42.7. The maximum absolute atomic E-state index is 9.15. The number of nitrogens with zero attached hydrogens (tertiary/aromatic N) is 4. The van der Waals surface area contributed by atoms with Gasteiger partial charge < -0.3 is 13.9 Å². The Kier molecular flexibility index (Phi) is 11.1. The predicted molar refractivity (Wildman–Crippen MR) is 341 cm³/mol. The van der Waals surface area contributed by atoms with Crippen LogP contribution in [0, 0.1) is 25.3 Å². The van der Waals surface area contributed by atoms with E-state index in [9.17, 15) is 0 Å². The Morgan fingerprint density at radius 1 is 0.494 bits per heavy atom. The first-order valence-corrected chi connectivity index (χ1v) is 27.7. The van der Waals surface area contributed by atoms with Gasteiger partial charge in [0.2, 0.25) is 0 Å². The van der Waals surface area contributed by atoms with Crippen LogP contribution in [0.1, 0.15) is 129 Å². The second-order valence-corrected chi connectivity index (χ2v) is 25.3. The van der Waals surface area contributed by atoms with Crippen LogP contribution in [0.25, 0.3) is 94.5 Å². The second-order valence-electron chi connectivity index (χ2n) is 25.3. The summed E-state index contributed by atoms with van der Waals surface area (Å²) in [7, 11) is 0. The topological polar surface area (TPSA) is 35.9 Å². The number of para-hydroxylation sites is 1. The van der Waals surface area contributed by atoms with Crippen LogP contribution in [0.2, 0.25) is 0 Å². The molecule has 0 bridgehead atoms. The zero-order valence-corrected chi connectivity index (χ0v) is 51.1. The number of aryl methyl sites for hydroxylation is 1. The average molecular weight is 1280 g/mol. The summed E-state index contributed by atoms with van der Waals surface area (Å²) in [4.78, 5) is 4.75. The Morgan fingerprint density at radius 2 is 1.11 bits per heavy atom. The van der Waals surface area contributed by atoms with Crippen LogP contribution in [-0.4, -0.2) is 14.1 Å². The van der Waals surface area contributed by atoms with E-state index in [4.69, 9.17) is 27.5 Å². The molecular weight excluding hydrogens is 1190 g/mol. The Hall–Kier alpha value is -8.11. The fraction of sp³-hybridized carbons (Fsp3) is 0.221. The Labute approximate surface area is 523 Å². The normalized spacial score (nSPS) is 14.7. The van der Waals surface area contributed by atoms with Gasteiger partial charge in [0.05, 0.1) is 30.4 Å². The molecule has 83 heavy (non-hydrogen) atoms. The summed E-state index contributed by atoms with van der Waals surface area (Å²) in [5.41, 5.74) is 11.1. The van der Waals surface area contributed by atoms with Gasteiger partial charge in [-0.2, -0.15) is 18.2 Å². The van der Waals surface area contributed by atoms with E-state index in [0.29, 0.717) is 33.3 Å². The third-order valence-electron chi connectivity index (χ3n) is 15.3. The number of pyridine rings is 1. The van der Waals surface area contributed by atoms with E-state index in [1.54, 1.807) is 22.8 Å². The fourth-order valence-electron chi connectivity index (χ4n) is 10.6. The summed E-state index contributed by atoms with van der Waals surface area (Å²) < 4.78 is 125. The maximum atomic E-state index is 9.15. The van der Waals surface area contributed by atoms with Crippen molar-refractivity contribution in [3.8, 4) is 73.2 Å². The minimum Gasteiger partial charge on any atom is -0.510 e. The molecule has 0 atom stereocenters. The van der Waals surface area contributed by atoms with Crippen LogP contribution in [-0.2, 0) is 42.7 Å². The third-order valence-corrected chi connectivity index (χ3v) is 15.3. The fourth-order valence-corrected chi connectivity index (χ4v) is 10.6. The number of benzene rings is 9. The molecule has 12 rings (SSSR count). The van der Waals surface area contributed by atoms with Crippen molar-refractivity contribution < 1.29 is 48.2 Å². The first-order chi connectivity index (χ1) is 44.4. The van der Waals surface area contributed by atoms with Gasteiger partial charge in [0.15, 0.2) is 0 Å². The summed E-state index contributed by atoms with van der Waals surface area (Å²) in [5, 5.41) is 1.54. The zero-order chi connectivity index (χ0) is 68.7. The molecule has 3 aromatic heterocycles. The summed E-state index contributed by atoms with van der Waals surface area (Å²) in [6.07, 6.45) is 5.06. The van der Waals surface area contributed by atoms with Crippen LogP contribution in [0.4, 0.5) is 0 Å². The molecule has 5 nitrogen and oxygen atoms in total. The summed E-state index contributed by atoms with van der Waals surface area (Å²) in [6.45, 7) is 23.9. The van der Waals surface area contributed by atoms with Gasteiger partial charge in [-0.25, -0.2) is 4.98 Å². The summed E-state index contributed by atoms with van der Waals surface area (Å²) in [6, 6.07) is 45.8. The van der Waals surface area contributed by atoms with Gasteiger partial charge in [0.1, 0.15) is 5.82 Å². The van der Waals surface area contributed by atoms with Crippen LogP contribution in [0.15, 0.2) is 200 Å². The van der Waals surface area contributed by atoms with Gasteiger partial charge in [-0.3, -0.25) is 4.57 Å². The molecular formula is C77H72N4OPt-2. The van der Waals surface area contributed by atoms with Gasteiger partial charge in [0.25, 0.3) is 6.33 Å². The number of aromatic nitrogens is 4. The van der Waals surface area contributed by atoms with Crippen molar-refractivity contribution in [3.63, 3.8) is 0 Å². The molecule has 6 heteroatoms. The second kappa shape index (κ2) is 21.6. The van der Waals surface area contributed by atoms with Crippen LogP contribution >= 0.6 is 0 Å². The van der Waals surface area contributed by atoms with Crippen LogP contribution in [0.5, 0.6) is 11.5 Å². The molecule has 0 aliphatic carbocycles. The number of fused-ring (bicyclic) bond motifs is 4. The minimum absolute atomic E-state index is 0. The molecule has 12 aromatic rings. The van der Waals surface area contributed by atoms with E-state index in [1.165, 1.54) is 23.4 Å². The van der Waals surface area contributed by atoms with Crippen molar-refractivity contribution in [2.45, 2.75) is 112 Å². The van der Waals surface area contributed by atoms with Gasteiger partial charge in [-0.05, 0) is 125 Å². The number of ether oxygens (including phenoxy) is 1. The number of hydrogen-bond donors (Lipinski definition) is 0. The number of imidazole rings is 1. The van der Waals surface area contributed by atoms with Crippen molar-refractivity contribution in [2.75, 3.05) is 0 Å². The van der Waals surface area contributed by atoms with Gasteiger partial charge in [-0.15, -0.1) is 29.7 Å². The van der Waals surface area contributed by atoms with Crippen molar-refractivity contribution in [2.24, 2.45) is 0 Å². The van der Waals surface area contributed by atoms with Crippen molar-refractivity contribution in [1.82, 2.24) is 14.1 Å². The molecule has 418 valence electrons. The van der Waals surface area contributed by atoms with E-state index >= 15 is 0 Å². The van der Waals surface area contributed by atoms with Crippen LogP contribution in [0.3, 0.4) is 0 Å². The Morgan fingerprint density at radius 3 is 1.78 bits per heavy atom. The molecule has 0 N–H and O–H groups in total.